The minimum Gasteiger partial charge on any atom is -0.497 e. The molecule has 0 spiro atoms. The molecule has 3 rings (SSSR count). The predicted octanol–water partition coefficient (Wildman–Crippen LogP) is 4.02. The van der Waals surface area contributed by atoms with Gasteiger partial charge < -0.3 is 14.6 Å². The van der Waals surface area contributed by atoms with Gasteiger partial charge in [-0.05, 0) is 17.7 Å². The Morgan fingerprint density at radius 3 is 2.72 bits per heavy atom. The monoisotopic (exact) mass is 355 g/mol. The Hall–Kier alpha value is -2.86. The van der Waals surface area contributed by atoms with Crippen molar-refractivity contribution in [2.24, 2.45) is 0 Å². The number of carboxylic acid groups (broad SMARTS) is 1. The lowest BCUT2D eigenvalue weighted by molar-refractivity contribution is -0.136. The van der Waals surface area contributed by atoms with Crippen LogP contribution >= 0.6 is 11.3 Å². The van der Waals surface area contributed by atoms with Crippen molar-refractivity contribution in [2.45, 2.75) is 13.0 Å². The molecule has 2 aromatic carbocycles. The number of hydrogen-bond donors (Lipinski definition) is 1. The molecule has 128 valence electrons. The van der Waals surface area contributed by atoms with Gasteiger partial charge in [0.25, 0.3) is 0 Å². The largest absolute Gasteiger partial charge is 0.497 e. The molecule has 0 radical (unpaired) electrons. The number of nitrogens with zero attached hydrogens (tertiary/aromatic N) is 1. The van der Waals surface area contributed by atoms with Gasteiger partial charge >= 0.3 is 5.97 Å². The van der Waals surface area contributed by atoms with Crippen LogP contribution < -0.4 is 9.47 Å². The SMILES string of the molecule is COc1ccc(-c2nc(CC(=O)O)cs2)c(OCc2ccccc2)c1. The molecule has 0 aliphatic rings. The molecule has 0 unspecified atom stereocenters. The van der Waals surface area contributed by atoms with Crippen LogP contribution in [0.3, 0.4) is 0 Å². The zero-order valence-corrected chi connectivity index (χ0v) is 14.5. The number of methoxy groups -OCH3 is 1. The van der Waals surface area contributed by atoms with Crippen LogP contribution in [0.25, 0.3) is 10.6 Å². The van der Waals surface area contributed by atoms with E-state index < -0.39 is 5.97 Å². The molecular formula is C19H17NO4S. The molecule has 1 N–H and O–H groups in total. The van der Waals surface area contributed by atoms with Gasteiger partial charge in [0.2, 0.25) is 0 Å². The molecule has 0 amide bonds. The van der Waals surface area contributed by atoms with Crippen molar-refractivity contribution >= 4 is 17.3 Å². The van der Waals surface area contributed by atoms with Gasteiger partial charge in [0.15, 0.2) is 0 Å². The van der Waals surface area contributed by atoms with Gasteiger partial charge in [-0.2, -0.15) is 0 Å². The highest BCUT2D eigenvalue weighted by molar-refractivity contribution is 7.13. The van der Waals surface area contributed by atoms with E-state index >= 15 is 0 Å². The lowest BCUT2D eigenvalue weighted by Crippen LogP contribution is -2.00. The maximum atomic E-state index is 10.8. The second-order valence-electron chi connectivity index (χ2n) is 5.35. The summed E-state index contributed by atoms with van der Waals surface area (Å²) >= 11 is 1.40. The Kier molecular flexibility index (Phi) is 5.30. The Bertz CT molecular complexity index is 861. The van der Waals surface area contributed by atoms with E-state index in [2.05, 4.69) is 4.98 Å². The summed E-state index contributed by atoms with van der Waals surface area (Å²) in [5.74, 6) is 0.445. The van der Waals surface area contributed by atoms with E-state index in [0.717, 1.165) is 16.1 Å². The Balaban J connectivity index is 1.87. The number of carboxylic acids is 1. The highest BCUT2D eigenvalue weighted by Gasteiger charge is 2.14. The Morgan fingerprint density at radius 2 is 2.00 bits per heavy atom. The molecule has 0 atom stereocenters. The average Bonchev–Trinajstić information content (AvgIpc) is 3.08. The summed E-state index contributed by atoms with van der Waals surface area (Å²) in [5.41, 5.74) is 2.41. The molecule has 0 aliphatic carbocycles. The third kappa shape index (κ3) is 4.36. The Labute approximate surface area is 149 Å². The topological polar surface area (TPSA) is 68.7 Å². The summed E-state index contributed by atoms with van der Waals surface area (Å²) in [6.07, 6.45) is -0.0904. The van der Waals surface area contributed by atoms with Crippen LogP contribution in [-0.4, -0.2) is 23.2 Å². The zero-order chi connectivity index (χ0) is 17.6. The van der Waals surface area contributed by atoms with E-state index in [1.807, 2.05) is 48.5 Å². The summed E-state index contributed by atoms with van der Waals surface area (Å²) in [6.45, 7) is 0.425. The van der Waals surface area contributed by atoms with Crippen LogP contribution in [0.2, 0.25) is 0 Å². The van der Waals surface area contributed by atoms with Crippen LogP contribution in [0.1, 0.15) is 11.3 Å². The number of thiazole rings is 1. The Morgan fingerprint density at radius 1 is 1.20 bits per heavy atom. The van der Waals surface area contributed by atoms with Crippen LogP contribution in [-0.2, 0) is 17.8 Å². The molecule has 1 aromatic heterocycles. The number of aromatic nitrogens is 1. The van der Waals surface area contributed by atoms with Crippen LogP contribution in [0.5, 0.6) is 11.5 Å². The average molecular weight is 355 g/mol. The predicted molar refractivity (Wildman–Crippen MR) is 96.2 cm³/mol. The van der Waals surface area contributed by atoms with Crippen LogP contribution in [0, 0.1) is 0 Å². The molecule has 3 aromatic rings. The number of aliphatic carboxylic acids is 1. The minimum atomic E-state index is -0.896. The highest BCUT2D eigenvalue weighted by atomic mass is 32.1. The fourth-order valence-corrected chi connectivity index (χ4v) is 3.18. The summed E-state index contributed by atoms with van der Waals surface area (Å²) in [5, 5.41) is 11.4. The van der Waals surface area contributed by atoms with Crippen molar-refractivity contribution in [1.29, 1.82) is 0 Å². The molecule has 0 bridgehead atoms. The first-order valence-electron chi connectivity index (χ1n) is 7.67. The quantitative estimate of drug-likeness (QED) is 0.693. The number of benzene rings is 2. The van der Waals surface area contributed by atoms with E-state index in [-0.39, 0.29) is 6.42 Å². The van der Waals surface area contributed by atoms with Crippen LogP contribution in [0.4, 0.5) is 0 Å². The lowest BCUT2D eigenvalue weighted by Gasteiger charge is -2.12. The van der Waals surface area contributed by atoms with Crippen LogP contribution in [0.15, 0.2) is 53.9 Å². The standard InChI is InChI=1S/C19H17NO4S/c1-23-15-7-8-16(19-20-14(12-25-19)9-18(21)22)17(10-15)24-11-13-5-3-2-4-6-13/h2-8,10,12H,9,11H2,1H3,(H,21,22). The maximum absolute atomic E-state index is 10.8. The van der Waals surface area contributed by atoms with Gasteiger partial charge in [-0.25, -0.2) is 4.98 Å². The molecule has 0 saturated heterocycles. The maximum Gasteiger partial charge on any atom is 0.309 e. The van der Waals surface area contributed by atoms with E-state index in [1.54, 1.807) is 12.5 Å². The second-order valence-corrected chi connectivity index (χ2v) is 6.21. The van der Waals surface area contributed by atoms with Gasteiger partial charge in [0, 0.05) is 11.4 Å². The third-order valence-corrected chi connectivity index (χ3v) is 4.46. The number of carbonyl (C=O) groups is 1. The van der Waals surface area contributed by atoms with E-state index in [1.165, 1.54) is 11.3 Å². The third-order valence-electron chi connectivity index (χ3n) is 3.54. The summed E-state index contributed by atoms with van der Waals surface area (Å²) in [4.78, 5) is 15.3. The summed E-state index contributed by atoms with van der Waals surface area (Å²) in [7, 11) is 1.60. The molecule has 25 heavy (non-hydrogen) atoms. The zero-order valence-electron chi connectivity index (χ0n) is 13.6. The highest BCUT2D eigenvalue weighted by Crippen LogP contribution is 2.35. The fraction of sp³-hybridized carbons (Fsp3) is 0.158. The number of hydrogen-bond acceptors (Lipinski definition) is 5. The smallest absolute Gasteiger partial charge is 0.309 e. The number of ether oxygens (including phenoxy) is 2. The van der Waals surface area contributed by atoms with E-state index in [9.17, 15) is 4.79 Å². The first-order valence-corrected chi connectivity index (χ1v) is 8.55. The number of rotatable bonds is 7. The summed E-state index contributed by atoms with van der Waals surface area (Å²) < 4.78 is 11.3. The fourth-order valence-electron chi connectivity index (χ4n) is 2.33. The molecular weight excluding hydrogens is 338 g/mol. The lowest BCUT2D eigenvalue weighted by atomic mass is 10.2. The van der Waals surface area contributed by atoms with Crippen molar-refractivity contribution in [3.8, 4) is 22.1 Å². The van der Waals surface area contributed by atoms with Gasteiger partial charge in [-0.15, -0.1) is 11.3 Å². The summed E-state index contributed by atoms with van der Waals surface area (Å²) in [6, 6.07) is 15.4. The van der Waals surface area contributed by atoms with Crippen molar-refractivity contribution in [3.63, 3.8) is 0 Å². The van der Waals surface area contributed by atoms with Gasteiger partial charge in [0.05, 0.1) is 24.8 Å². The molecule has 0 aliphatic heterocycles. The first-order chi connectivity index (χ1) is 12.2. The second kappa shape index (κ2) is 7.81. The van der Waals surface area contributed by atoms with E-state index in [0.29, 0.717) is 23.8 Å². The van der Waals surface area contributed by atoms with E-state index in [4.69, 9.17) is 14.6 Å². The molecule has 1 heterocycles. The first kappa shape index (κ1) is 17.0. The van der Waals surface area contributed by atoms with Crippen molar-refractivity contribution in [3.05, 3.63) is 65.2 Å². The van der Waals surface area contributed by atoms with Gasteiger partial charge in [-0.3, -0.25) is 4.79 Å². The van der Waals surface area contributed by atoms with Gasteiger partial charge in [0.1, 0.15) is 23.1 Å². The minimum absolute atomic E-state index is 0.0904. The molecule has 0 fully saturated rings. The van der Waals surface area contributed by atoms with Gasteiger partial charge in [-0.1, -0.05) is 30.3 Å². The van der Waals surface area contributed by atoms with Crippen molar-refractivity contribution < 1.29 is 19.4 Å². The molecule has 6 heteroatoms. The van der Waals surface area contributed by atoms with Crippen molar-refractivity contribution in [1.82, 2.24) is 4.98 Å². The van der Waals surface area contributed by atoms with Crippen molar-refractivity contribution in [2.75, 3.05) is 7.11 Å². The molecule has 5 nitrogen and oxygen atoms in total. The normalized spacial score (nSPS) is 10.4. The molecule has 0 saturated carbocycles.